The van der Waals surface area contributed by atoms with Gasteiger partial charge < -0.3 is 5.11 Å². The van der Waals surface area contributed by atoms with Crippen LogP contribution in [0.5, 0.6) is 0 Å². The van der Waals surface area contributed by atoms with Gasteiger partial charge >= 0.3 is 0 Å². The molecule has 0 spiro atoms. The van der Waals surface area contributed by atoms with Crippen LogP contribution in [0.1, 0.15) is 78.6 Å². The lowest BCUT2D eigenvalue weighted by atomic mass is 9.60. The van der Waals surface area contributed by atoms with Crippen LogP contribution >= 0.6 is 0 Å². The molecule has 2 saturated carbocycles. The zero-order valence-electron chi connectivity index (χ0n) is 14.0. The molecule has 2 aliphatic carbocycles. The molecular formula is C19H36O. The first-order valence-corrected chi connectivity index (χ1v) is 9.30. The molecular weight excluding hydrogens is 244 g/mol. The second-order valence-electron chi connectivity index (χ2n) is 7.77. The van der Waals surface area contributed by atoms with Crippen LogP contribution in [0.4, 0.5) is 0 Å². The Kier molecular flexibility index (Phi) is 6.39. The molecule has 0 aromatic carbocycles. The minimum atomic E-state index is 0.393. The molecule has 6 unspecified atom stereocenters. The Balaban J connectivity index is 1.99. The summed E-state index contributed by atoms with van der Waals surface area (Å²) < 4.78 is 0. The summed E-state index contributed by atoms with van der Waals surface area (Å²) in [5.41, 5.74) is 0. The predicted octanol–water partition coefficient (Wildman–Crippen LogP) is 5.27. The van der Waals surface area contributed by atoms with Gasteiger partial charge in [0, 0.05) is 6.61 Å². The smallest absolute Gasteiger partial charge is 0.0433 e. The maximum atomic E-state index is 9.20. The van der Waals surface area contributed by atoms with Crippen molar-refractivity contribution in [3.05, 3.63) is 0 Å². The number of hydrogen-bond donors (Lipinski definition) is 1. The molecule has 0 bridgehead atoms. The van der Waals surface area contributed by atoms with Gasteiger partial charge in [0.25, 0.3) is 0 Å². The van der Waals surface area contributed by atoms with Crippen LogP contribution in [0, 0.1) is 35.5 Å². The Morgan fingerprint density at radius 2 is 1.45 bits per heavy atom. The van der Waals surface area contributed by atoms with E-state index in [2.05, 4.69) is 20.8 Å². The van der Waals surface area contributed by atoms with Gasteiger partial charge in [0.2, 0.25) is 0 Å². The fourth-order valence-electron chi connectivity index (χ4n) is 5.42. The standard InChI is InChI=1S/C19H36O/c1-4-16-12-14(3)6-8-18(16)19-9-7-15(10-11-20)13-17(19)5-2/h14-20H,4-13H2,1-3H3. The predicted molar refractivity (Wildman–Crippen MR) is 86.6 cm³/mol. The number of aliphatic hydroxyl groups excluding tert-OH is 1. The highest BCUT2D eigenvalue weighted by Gasteiger charge is 2.39. The Morgan fingerprint density at radius 3 is 2.05 bits per heavy atom. The molecule has 2 aliphatic rings. The first kappa shape index (κ1) is 16.3. The zero-order chi connectivity index (χ0) is 14.5. The van der Waals surface area contributed by atoms with E-state index in [1.54, 1.807) is 0 Å². The van der Waals surface area contributed by atoms with Crippen LogP contribution < -0.4 is 0 Å². The quantitative estimate of drug-likeness (QED) is 0.727. The van der Waals surface area contributed by atoms with E-state index >= 15 is 0 Å². The highest BCUT2D eigenvalue weighted by molar-refractivity contribution is 4.89. The normalized spacial score (nSPS) is 42.6. The lowest BCUT2D eigenvalue weighted by Gasteiger charge is -2.46. The molecule has 1 N–H and O–H groups in total. The third-order valence-electron chi connectivity index (χ3n) is 6.59. The first-order valence-electron chi connectivity index (χ1n) is 9.30. The van der Waals surface area contributed by atoms with Crippen LogP contribution in [-0.4, -0.2) is 11.7 Å². The summed E-state index contributed by atoms with van der Waals surface area (Å²) in [5, 5.41) is 9.20. The second-order valence-corrected chi connectivity index (χ2v) is 7.77. The van der Waals surface area contributed by atoms with E-state index in [1.807, 2.05) is 0 Å². The molecule has 0 aromatic heterocycles. The maximum Gasteiger partial charge on any atom is 0.0433 e. The highest BCUT2D eigenvalue weighted by Crippen LogP contribution is 2.48. The van der Waals surface area contributed by atoms with Gasteiger partial charge in [-0.3, -0.25) is 0 Å². The van der Waals surface area contributed by atoms with Crippen molar-refractivity contribution in [3.63, 3.8) is 0 Å². The van der Waals surface area contributed by atoms with Gasteiger partial charge in [0.1, 0.15) is 0 Å². The van der Waals surface area contributed by atoms with Crippen molar-refractivity contribution >= 4 is 0 Å². The molecule has 118 valence electrons. The lowest BCUT2D eigenvalue weighted by Crippen LogP contribution is -2.37. The van der Waals surface area contributed by atoms with E-state index in [-0.39, 0.29) is 0 Å². The van der Waals surface area contributed by atoms with Crippen LogP contribution in [0.3, 0.4) is 0 Å². The number of rotatable bonds is 5. The Hall–Kier alpha value is -0.0400. The van der Waals surface area contributed by atoms with Crippen molar-refractivity contribution < 1.29 is 5.11 Å². The zero-order valence-corrected chi connectivity index (χ0v) is 14.0. The monoisotopic (exact) mass is 280 g/mol. The summed E-state index contributed by atoms with van der Waals surface area (Å²) in [4.78, 5) is 0. The third kappa shape index (κ3) is 3.78. The average Bonchev–Trinajstić information content (AvgIpc) is 2.47. The Bertz CT molecular complexity index is 275. The van der Waals surface area contributed by atoms with E-state index in [9.17, 15) is 5.11 Å². The van der Waals surface area contributed by atoms with Crippen LogP contribution in [0.15, 0.2) is 0 Å². The molecule has 2 fully saturated rings. The maximum absolute atomic E-state index is 9.20. The van der Waals surface area contributed by atoms with Crippen molar-refractivity contribution in [2.24, 2.45) is 35.5 Å². The molecule has 20 heavy (non-hydrogen) atoms. The summed E-state index contributed by atoms with van der Waals surface area (Å²) >= 11 is 0. The van der Waals surface area contributed by atoms with E-state index in [1.165, 1.54) is 51.4 Å². The van der Waals surface area contributed by atoms with Gasteiger partial charge in [-0.2, -0.15) is 0 Å². The summed E-state index contributed by atoms with van der Waals surface area (Å²) in [6.07, 6.45) is 12.4. The minimum absolute atomic E-state index is 0.393. The van der Waals surface area contributed by atoms with E-state index in [0.717, 1.165) is 41.9 Å². The topological polar surface area (TPSA) is 20.2 Å². The van der Waals surface area contributed by atoms with Crippen molar-refractivity contribution in [1.82, 2.24) is 0 Å². The fourth-order valence-corrected chi connectivity index (χ4v) is 5.42. The second kappa shape index (κ2) is 7.82. The highest BCUT2D eigenvalue weighted by atomic mass is 16.3. The molecule has 6 atom stereocenters. The van der Waals surface area contributed by atoms with Crippen molar-refractivity contribution in [1.29, 1.82) is 0 Å². The van der Waals surface area contributed by atoms with Crippen LogP contribution in [-0.2, 0) is 0 Å². The molecule has 1 nitrogen and oxygen atoms in total. The van der Waals surface area contributed by atoms with Gasteiger partial charge in [0.15, 0.2) is 0 Å². The largest absolute Gasteiger partial charge is 0.396 e. The van der Waals surface area contributed by atoms with Gasteiger partial charge in [-0.1, -0.05) is 46.5 Å². The fraction of sp³-hybridized carbons (Fsp3) is 1.00. The molecule has 2 rings (SSSR count). The van der Waals surface area contributed by atoms with Crippen molar-refractivity contribution in [2.45, 2.75) is 78.6 Å². The van der Waals surface area contributed by atoms with Crippen molar-refractivity contribution in [3.8, 4) is 0 Å². The number of hydrogen-bond acceptors (Lipinski definition) is 1. The molecule has 0 radical (unpaired) electrons. The van der Waals surface area contributed by atoms with Crippen LogP contribution in [0.2, 0.25) is 0 Å². The SMILES string of the molecule is CCC1CC(C)CCC1C1CCC(CCO)CC1CC. The molecule has 0 aliphatic heterocycles. The summed E-state index contributed by atoms with van der Waals surface area (Å²) in [7, 11) is 0. The Labute approximate surface area is 126 Å². The van der Waals surface area contributed by atoms with E-state index < -0.39 is 0 Å². The lowest BCUT2D eigenvalue weighted by molar-refractivity contribution is 0.0403. The molecule has 0 aromatic rings. The van der Waals surface area contributed by atoms with Gasteiger partial charge in [-0.05, 0) is 67.6 Å². The van der Waals surface area contributed by atoms with E-state index in [0.29, 0.717) is 6.61 Å². The summed E-state index contributed by atoms with van der Waals surface area (Å²) in [5.74, 6) is 5.70. The third-order valence-corrected chi connectivity index (χ3v) is 6.59. The summed E-state index contributed by atoms with van der Waals surface area (Å²) in [6, 6.07) is 0. The molecule has 0 heterocycles. The number of aliphatic hydroxyl groups is 1. The van der Waals surface area contributed by atoms with Gasteiger partial charge in [0.05, 0.1) is 0 Å². The molecule has 0 amide bonds. The first-order chi connectivity index (χ1) is 9.69. The molecule has 0 saturated heterocycles. The minimum Gasteiger partial charge on any atom is -0.396 e. The average molecular weight is 280 g/mol. The van der Waals surface area contributed by atoms with Crippen LogP contribution in [0.25, 0.3) is 0 Å². The van der Waals surface area contributed by atoms with Gasteiger partial charge in [-0.25, -0.2) is 0 Å². The van der Waals surface area contributed by atoms with E-state index in [4.69, 9.17) is 0 Å². The summed E-state index contributed by atoms with van der Waals surface area (Å²) in [6.45, 7) is 7.65. The van der Waals surface area contributed by atoms with Gasteiger partial charge in [-0.15, -0.1) is 0 Å². The molecule has 1 heteroatoms. The van der Waals surface area contributed by atoms with Crippen molar-refractivity contribution in [2.75, 3.05) is 6.61 Å². The Morgan fingerprint density at radius 1 is 0.850 bits per heavy atom.